The second-order valence-corrected chi connectivity index (χ2v) is 4.96. The average Bonchev–Trinajstić information content (AvgIpc) is 2.22. The summed E-state index contributed by atoms with van der Waals surface area (Å²) in [5.41, 5.74) is -0.386. The molecule has 0 unspecified atom stereocenters. The van der Waals surface area contributed by atoms with Gasteiger partial charge in [0, 0.05) is 19.5 Å². The molecule has 0 spiro atoms. The molecule has 0 aromatic heterocycles. The molecular formula is C12H24N2O2. The molecule has 0 aliphatic rings. The molecule has 0 saturated carbocycles. The summed E-state index contributed by atoms with van der Waals surface area (Å²) >= 11 is 0. The molecule has 16 heavy (non-hydrogen) atoms. The van der Waals surface area contributed by atoms with Gasteiger partial charge in [-0.2, -0.15) is 0 Å². The lowest BCUT2D eigenvalue weighted by molar-refractivity contribution is -0.134. The number of likely N-dealkylation sites (N-methyl/N-ethyl adjacent to an activating group) is 1. The maximum absolute atomic E-state index is 11.8. The minimum atomic E-state index is -0.386. The highest BCUT2D eigenvalue weighted by atomic mass is 16.2. The Morgan fingerprint density at radius 1 is 1.25 bits per heavy atom. The van der Waals surface area contributed by atoms with Crippen LogP contribution >= 0.6 is 0 Å². The van der Waals surface area contributed by atoms with E-state index in [-0.39, 0.29) is 23.8 Å². The van der Waals surface area contributed by atoms with Gasteiger partial charge in [-0.25, -0.2) is 0 Å². The monoisotopic (exact) mass is 228 g/mol. The Bertz CT molecular complexity index is 247. The highest BCUT2D eigenvalue weighted by Crippen LogP contribution is 2.23. The van der Waals surface area contributed by atoms with Crippen molar-refractivity contribution in [3.05, 3.63) is 0 Å². The number of unbranched alkanes of at least 4 members (excludes halogenated alkanes) is 1. The van der Waals surface area contributed by atoms with Gasteiger partial charge >= 0.3 is 0 Å². The summed E-state index contributed by atoms with van der Waals surface area (Å²) in [6.45, 7) is 6.02. The third-order valence-corrected chi connectivity index (χ3v) is 2.67. The summed E-state index contributed by atoms with van der Waals surface area (Å²) in [5, 5.41) is 2.68. The van der Waals surface area contributed by atoms with Crippen LogP contribution in [0, 0.1) is 5.41 Å². The second-order valence-electron chi connectivity index (χ2n) is 4.96. The topological polar surface area (TPSA) is 49.4 Å². The number of nitrogens with zero attached hydrogens (tertiary/aromatic N) is 1. The summed E-state index contributed by atoms with van der Waals surface area (Å²) < 4.78 is 0. The first-order valence-corrected chi connectivity index (χ1v) is 5.79. The largest absolute Gasteiger partial charge is 0.347 e. The number of rotatable bonds is 6. The van der Waals surface area contributed by atoms with E-state index in [2.05, 4.69) is 12.2 Å². The molecule has 0 aromatic rings. The van der Waals surface area contributed by atoms with Crippen molar-refractivity contribution in [1.29, 1.82) is 0 Å². The summed E-state index contributed by atoms with van der Waals surface area (Å²) in [5.74, 6) is -0.129. The number of nitrogens with one attached hydrogen (secondary N) is 1. The normalized spacial score (nSPS) is 11.1. The molecule has 0 rings (SSSR count). The quantitative estimate of drug-likeness (QED) is 0.747. The van der Waals surface area contributed by atoms with Crippen molar-refractivity contribution in [2.75, 3.05) is 20.6 Å². The van der Waals surface area contributed by atoms with E-state index < -0.39 is 0 Å². The van der Waals surface area contributed by atoms with Crippen LogP contribution in [-0.2, 0) is 9.59 Å². The molecule has 0 bridgehead atoms. The zero-order valence-corrected chi connectivity index (χ0v) is 11.1. The molecule has 0 saturated heterocycles. The van der Waals surface area contributed by atoms with Gasteiger partial charge < -0.3 is 10.2 Å². The van der Waals surface area contributed by atoms with Crippen LogP contribution in [0.25, 0.3) is 0 Å². The van der Waals surface area contributed by atoms with Crippen LogP contribution in [0.4, 0.5) is 0 Å². The zero-order chi connectivity index (χ0) is 12.8. The minimum Gasteiger partial charge on any atom is -0.347 e. The molecule has 0 heterocycles. The van der Waals surface area contributed by atoms with E-state index in [0.29, 0.717) is 0 Å². The van der Waals surface area contributed by atoms with Crippen LogP contribution in [0.5, 0.6) is 0 Å². The third kappa shape index (κ3) is 5.14. The molecule has 0 atom stereocenters. The van der Waals surface area contributed by atoms with Gasteiger partial charge in [-0.05, 0) is 6.42 Å². The highest BCUT2D eigenvalue weighted by Gasteiger charge is 2.26. The van der Waals surface area contributed by atoms with Gasteiger partial charge in [-0.15, -0.1) is 0 Å². The first kappa shape index (κ1) is 14.9. The summed E-state index contributed by atoms with van der Waals surface area (Å²) in [4.78, 5) is 24.6. The fraction of sp³-hybridized carbons (Fsp3) is 0.833. The Morgan fingerprint density at radius 3 is 2.25 bits per heavy atom. The van der Waals surface area contributed by atoms with E-state index in [1.54, 1.807) is 14.1 Å². The van der Waals surface area contributed by atoms with Crippen LogP contribution in [0.3, 0.4) is 0 Å². The number of carbonyl (C=O) groups excluding carboxylic acids is 2. The predicted molar refractivity (Wildman–Crippen MR) is 65.0 cm³/mol. The highest BCUT2D eigenvalue weighted by molar-refractivity contribution is 5.87. The molecule has 4 heteroatoms. The number of hydrogen-bond donors (Lipinski definition) is 1. The molecule has 2 amide bonds. The van der Waals surface area contributed by atoms with Gasteiger partial charge in [0.25, 0.3) is 0 Å². The Hall–Kier alpha value is -1.06. The van der Waals surface area contributed by atoms with Crippen LogP contribution in [0.2, 0.25) is 0 Å². The molecular weight excluding hydrogens is 204 g/mol. The van der Waals surface area contributed by atoms with Crippen LogP contribution < -0.4 is 5.32 Å². The zero-order valence-electron chi connectivity index (χ0n) is 11.1. The van der Waals surface area contributed by atoms with E-state index >= 15 is 0 Å². The molecule has 0 radical (unpaired) electrons. The SMILES string of the molecule is CCCCC(C)(C)C(=O)NCC(=O)N(C)C. The van der Waals surface area contributed by atoms with Gasteiger partial charge in [0.1, 0.15) is 0 Å². The van der Waals surface area contributed by atoms with Gasteiger partial charge in [0.05, 0.1) is 6.54 Å². The number of carbonyl (C=O) groups is 2. The second kappa shape index (κ2) is 6.51. The lowest BCUT2D eigenvalue weighted by Crippen LogP contribution is -2.42. The van der Waals surface area contributed by atoms with Gasteiger partial charge in [-0.1, -0.05) is 33.6 Å². The lowest BCUT2D eigenvalue weighted by Gasteiger charge is -2.23. The molecule has 0 fully saturated rings. The van der Waals surface area contributed by atoms with E-state index in [1.807, 2.05) is 13.8 Å². The summed E-state index contributed by atoms with van der Waals surface area (Å²) in [6, 6.07) is 0. The fourth-order valence-corrected chi connectivity index (χ4v) is 1.29. The third-order valence-electron chi connectivity index (χ3n) is 2.67. The Labute approximate surface area is 98.4 Å². The van der Waals surface area contributed by atoms with Crippen molar-refractivity contribution in [3.63, 3.8) is 0 Å². The number of hydrogen-bond acceptors (Lipinski definition) is 2. The van der Waals surface area contributed by atoms with Crippen molar-refractivity contribution in [3.8, 4) is 0 Å². The van der Waals surface area contributed by atoms with Gasteiger partial charge in [0.2, 0.25) is 11.8 Å². The van der Waals surface area contributed by atoms with Crippen molar-refractivity contribution in [2.24, 2.45) is 5.41 Å². The maximum Gasteiger partial charge on any atom is 0.241 e. The van der Waals surface area contributed by atoms with E-state index in [1.165, 1.54) is 4.90 Å². The molecule has 0 aromatic carbocycles. The number of amides is 2. The van der Waals surface area contributed by atoms with Crippen molar-refractivity contribution in [2.45, 2.75) is 40.0 Å². The van der Waals surface area contributed by atoms with E-state index in [0.717, 1.165) is 19.3 Å². The van der Waals surface area contributed by atoms with Crippen LogP contribution in [0.15, 0.2) is 0 Å². The molecule has 94 valence electrons. The lowest BCUT2D eigenvalue weighted by atomic mass is 9.86. The Kier molecular flexibility index (Phi) is 6.08. The molecule has 1 N–H and O–H groups in total. The van der Waals surface area contributed by atoms with Gasteiger partial charge in [-0.3, -0.25) is 9.59 Å². The Morgan fingerprint density at radius 2 is 1.81 bits per heavy atom. The van der Waals surface area contributed by atoms with Crippen molar-refractivity contribution < 1.29 is 9.59 Å². The standard InChI is InChI=1S/C12H24N2O2/c1-6-7-8-12(2,3)11(16)13-9-10(15)14(4)5/h6-9H2,1-5H3,(H,13,16). The van der Waals surface area contributed by atoms with E-state index in [9.17, 15) is 9.59 Å². The van der Waals surface area contributed by atoms with Gasteiger partial charge in [0.15, 0.2) is 0 Å². The van der Waals surface area contributed by atoms with Crippen molar-refractivity contribution in [1.82, 2.24) is 10.2 Å². The summed E-state index contributed by atoms with van der Waals surface area (Å²) in [6.07, 6.45) is 2.96. The molecule has 0 aliphatic carbocycles. The summed E-state index contributed by atoms with van der Waals surface area (Å²) in [7, 11) is 3.35. The first-order valence-electron chi connectivity index (χ1n) is 5.79. The average molecular weight is 228 g/mol. The Balaban J connectivity index is 4.09. The minimum absolute atomic E-state index is 0.0452. The van der Waals surface area contributed by atoms with Crippen molar-refractivity contribution >= 4 is 11.8 Å². The van der Waals surface area contributed by atoms with Crippen LogP contribution in [0.1, 0.15) is 40.0 Å². The molecule has 4 nitrogen and oxygen atoms in total. The van der Waals surface area contributed by atoms with Crippen LogP contribution in [-0.4, -0.2) is 37.4 Å². The van der Waals surface area contributed by atoms with E-state index in [4.69, 9.17) is 0 Å². The first-order chi connectivity index (χ1) is 7.31. The maximum atomic E-state index is 11.8. The molecule has 0 aliphatic heterocycles. The predicted octanol–water partition coefficient (Wildman–Crippen LogP) is 1.41. The fourth-order valence-electron chi connectivity index (χ4n) is 1.29. The smallest absolute Gasteiger partial charge is 0.241 e.